The molecule has 0 heterocycles. The molecule has 0 spiro atoms. The van der Waals surface area contributed by atoms with Crippen molar-refractivity contribution >= 4 is 10.0 Å². The highest BCUT2D eigenvalue weighted by molar-refractivity contribution is 7.89. The number of nitrogens with zero attached hydrogens (tertiary/aromatic N) is 1. The van der Waals surface area contributed by atoms with Gasteiger partial charge in [-0.1, -0.05) is 19.1 Å². The normalized spacial score (nSPS) is 15.1. The minimum atomic E-state index is -3.38. The molecular weight excluding hydrogens is 288 g/mol. The predicted octanol–water partition coefficient (Wildman–Crippen LogP) is 1.75. The maximum absolute atomic E-state index is 12.0. The lowest BCUT2D eigenvalue weighted by Crippen LogP contribution is -2.31. The Morgan fingerprint density at radius 1 is 1.24 bits per heavy atom. The molecule has 0 radical (unpaired) electrons. The van der Waals surface area contributed by atoms with E-state index in [0.29, 0.717) is 11.3 Å². The lowest BCUT2D eigenvalue weighted by Gasteiger charge is -2.22. The summed E-state index contributed by atoms with van der Waals surface area (Å²) in [6, 6.07) is 7.30. The van der Waals surface area contributed by atoms with Crippen LogP contribution in [0.1, 0.15) is 38.3 Å². The summed E-state index contributed by atoms with van der Waals surface area (Å²) in [5, 5.41) is 12.5. The van der Waals surface area contributed by atoms with Crippen LogP contribution in [-0.4, -0.2) is 44.6 Å². The van der Waals surface area contributed by atoms with Crippen LogP contribution in [0.3, 0.4) is 0 Å². The highest BCUT2D eigenvalue weighted by Crippen LogP contribution is 2.19. The van der Waals surface area contributed by atoms with Gasteiger partial charge in [0.05, 0.1) is 4.90 Å². The van der Waals surface area contributed by atoms with Crippen LogP contribution in [0.25, 0.3) is 0 Å². The lowest BCUT2D eigenvalue weighted by atomic mass is 10.1. The third-order valence-electron chi connectivity index (χ3n) is 3.61. The molecule has 0 aliphatic carbocycles. The van der Waals surface area contributed by atoms with E-state index >= 15 is 0 Å². The monoisotopic (exact) mass is 314 g/mol. The number of hydrogen-bond acceptors (Lipinski definition) is 4. The Bertz CT molecular complexity index is 526. The van der Waals surface area contributed by atoms with Crippen LogP contribution in [-0.2, 0) is 10.0 Å². The number of rotatable bonds is 8. The highest BCUT2D eigenvalue weighted by Gasteiger charge is 2.18. The van der Waals surface area contributed by atoms with Gasteiger partial charge in [0.15, 0.2) is 0 Å². The van der Waals surface area contributed by atoms with Gasteiger partial charge in [-0.05, 0) is 37.5 Å². The molecule has 2 atom stereocenters. The molecule has 21 heavy (non-hydrogen) atoms. The highest BCUT2D eigenvalue weighted by atomic mass is 32.2. The zero-order chi connectivity index (χ0) is 16.0. The summed E-state index contributed by atoms with van der Waals surface area (Å²) < 4.78 is 25.2. The van der Waals surface area contributed by atoms with Gasteiger partial charge < -0.3 is 10.4 Å². The second kappa shape index (κ2) is 7.89. The van der Waals surface area contributed by atoms with Gasteiger partial charge in [-0.25, -0.2) is 12.7 Å². The zero-order valence-electron chi connectivity index (χ0n) is 13.2. The average Bonchev–Trinajstić information content (AvgIpc) is 2.46. The minimum Gasteiger partial charge on any atom is -0.396 e. The van der Waals surface area contributed by atoms with Crippen LogP contribution in [0, 0.1) is 0 Å². The number of benzene rings is 1. The first-order valence-corrected chi connectivity index (χ1v) is 8.66. The smallest absolute Gasteiger partial charge is 0.242 e. The fraction of sp³-hybridized carbons (Fsp3) is 0.600. The van der Waals surface area contributed by atoms with E-state index in [0.717, 1.165) is 12.0 Å². The average molecular weight is 314 g/mol. The summed E-state index contributed by atoms with van der Waals surface area (Å²) in [4.78, 5) is 0.297. The number of nitrogens with one attached hydrogen (secondary N) is 1. The van der Waals surface area contributed by atoms with Crippen molar-refractivity contribution in [2.24, 2.45) is 0 Å². The first-order valence-electron chi connectivity index (χ1n) is 7.22. The predicted molar refractivity (Wildman–Crippen MR) is 84.6 cm³/mol. The standard InChI is InChI=1S/C15H26N2O3S/c1-5-14(10-11-18)16-12(2)13-6-8-15(9-7-13)21(19,20)17(3)4/h6-9,12,14,16,18H,5,10-11H2,1-4H3. The minimum absolute atomic E-state index is 0.109. The van der Waals surface area contributed by atoms with E-state index in [9.17, 15) is 8.42 Å². The molecule has 1 aromatic carbocycles. The Morgan fingerprint density at radius 2 is 1.81 bits per heavy atom. The third kappa shape index (κ3) is 4.78. The van der Waals surface area contributed by atoms with E-state index in [-0.39, 0.29) is 18.7 Å². The van der Waals surface area contributed by atoms with Crippen molar-refractivity contribution in [3.63, 3.8) is 0 Å². The fourth-order valence-corrected chi connectivity index (χ4v) is 3.05. The molecule has 1 rings (SSSR count). The zero-order valence-corrected chi connectivity index (χ0v) is 14.0. The summed E-state index contributed by atoms with van der Waals surface area (Å²) >= 11 is 0. The molecule has 0 aliphatic rings. The Balaban J connectivity index is 2.83. The van der Waals surface area contributed by atoms with Crippen molar-refractivity contribution in [2.75, 3.05) is 20.7 Å². The molecule has 5 nitrogen and oxygen atoms in total. The van der Waals surface area contributed by atoms with Crippen molar-refractivity contribution in [3.8, 4) is 0 Å². The van der Waals surface area contributed by atoms with E-state index < -0.39 is 10.0 Å². The second-order valence-electron chi connectivity index (χ2n) is 5.36. The van der Waals surface area contributed by atoms with Crippen LogP contribution in [0.4, 0.5) is 0 Å². The SMILES string of the molecule is CCC(CCO)NC(C)c1ccc(S(=O)(=O)N(C)C)cc1. The van der Waals surface area contributed by atoms with Crippen LogP contribution in [0.5, 0.6) is 0 Å². The number of hydrogen-bond donors (Lipinski definition) is 2. The number of sulfonamides is 1. The molecule has 2 unspecified atom stereocenters. The maximum Gasteiger partial charge on any atom is 0.242 e. The van der Waals surface area contributed by atoms with Crippen molar-refractivity contribution in [1.82, 2.24) is 9.62 Å². The first-order chi connectivity index (χ1) is 9.82. The Hall–Kier alpha value is -0.950. The van der Waals surface area contributed by atoms with Crippen LogP contribution >= 0.6 is 0 Å². The van der Waals surface area contributed by atoms with Gasteiger partial charge in [-0.2, -0.15) is 0 Å². The molecule has 0 saturated heterocycles. The Morgan fingerprint density at radius 3 is 2.24 bits per heavy atom. The van der Waals surface area contributed by atoms with Gasteiger partial charge in [0, 0.05) is 32.8 Å². The fourth-order valence-electron chi connectivity index (χ4n) is 2.15. The summed E-state index contributed by atoms with van der Waals surface area (Å²) in [6.45, 7) is 4.28. The number of aliphatic hydroxyl groups is 1. The van der Waals surface area contributed by atoms with Crippen molar-refractivity contribution in [3.05, 3.63) is 29.8 Å². The van der Waals surface area contributed by atoms with Gasteiger partial charge in [0.25, 0.3) is 0 Å². The van der Waals surface area contributed by atoms with Gasteiger partial charge >= 0.3 is 0 Å². The molecule has 120 valence electrons. The summed E-state index contributed by atoms with van der Waals surface area (Å²) in [5.41, 5.74) is 1.03. The third-order valence-corrected chi connectivity index (χ3v) is 5.44. The van der Waals surface area contributed by atoms with E-state index in [2.05, 4.69) is 12.2 Å². The second-order valence-corrected chi connectivity index (χ2v) is 7.51. The first kappa shape index (κ1) is 18.1. The largest absolute Gasteiger partial charge is 0.396 e. The maximum atomic E-state index is 12.0. The van der Waals surface area contributed by atoms with Gasteiger partial charge in [-0.15, -0.1) is 0 Å². The topological polar surface area (TPSA) is 69.6 Å². The molecule has 0 bridgehead atoms. The summed E-state index contributed by atoms with van der Waals surface area (Å²) in [5.74, 6) is 0. The lowest BCUT2D eigenvalue weighted by molar-refractivity contribution is 0.257. The summed E-state index contributed by atoms with van der Waals surface area (Å²) in [6.07, 6.45) is 1.66. The molecular formula is C15H26N2O3S. The molecule has 0 fully saturated rings. The van der Waals surface area contributed by atoms with Crippen molar-refractivity contribution < 1.29 is 13.5 Å². The Labute approximate surface area is 128 Å². The van der Waals surface area contributed by atoms with Gasteiger partial charge in [-0.3, -0.25) is 0 Å². The van der Waals surface area contributed by atoms with Crippen molar-refractivity contribution in [2.45, 2.75) is 43.7 Å². The van der Waals surface area contributed by atoms with Gasteiger partial charge in [0.2, 0.25) is 10.0 Å². The van der Waals surface area contributed by atoms with Gasteiger partial charge in [0.1, 0.15) is 0 Å². The van der Waals surface area contributed by atoms with Crippen LogP contribution in [0.2, 0.25) is 0 Å². The molecule has 0 aromatic heterocycles. The quantitative estimate of drug-likeness (QED) is 0.767. The molecule has 1 aromatic rings. The molecule has 0 saturated carbocycles. The Kier molecular flexibility index (Phi) is 6.80. The van der Waals surface area contributed by atoms with E-state index in [1.807, 2.05) is 19.1 Å². The van der Waals surface area contributed by atoms with E-state index in [1.165, 1.54) is 18.4 Å². The number of aliphatic hydroxyl groups excluding tert-OH is 1. The molecule has 6 heteroatoms. The van der Waals surface area contributed by atoms with Crippen LogP contribution in [0.15, 0.2) is 29.2 Å². The van der Waals surface area contributed by atoms with Crippen molar-refractivity contribution in [1.29, 1.82) is 0 Å². The molecule has 0 aliphatic heterocycles. The van der Waals surface area contributed by atoms with Crippen LogP contribution < -0.4 is 5.32 Å². The summed E-state index contributed by atoms with van der Waals surface area (Å²) in [7, 11) is -0.332. The molecule has 0 amide bonds. The van der Waals surface area contributed by atoms with E-state index in [4.69, 9.17) is 5.11 Å². The van der Waals surface area contributed by atoms with E-state index in [1.54, 1.807) is 12.1 Å². The molecule has 2 N–H and O–H groups in total.